The van der Waals surface area contributed by atoms with Gasteiger partial charge in [0, 0.05) is 18.7 Å². The van der Waals surface area contributed by atoms with Crippen LogP contribution in [0.5, 0.6) is 11.5 Å². The zero-order valence-corrected chi connectivity index (χ0v) is 17.1. The lowest BCUT2D eigenvalue weighted by Crippen LogP contribution is -2.34. The van der Waals surface area contributed by atoms with Crippen LogP contribution in [0.2, 0.25) is 0 Å². The highest BCUT2D eigenvalue weighted by Gasteiger charge is 2.32. The van der Waals surface area contributed by atoms with Crippen molar-refractivity contribution >= 4 is 23.2 Å². The van der Waals surface area contributed by atoms with Crippen molar-refractivity contribution in [1.29, 1.82) is 0 Å². The minimum Gasteiger partial charge on any atom is -0.454 e. The third-order valence-electron chi connectivity index (χ3n) is 5.34. The van der Waals surface area contributed by atoms with Gasteiger partial charge >= 0.3 is 6.18 Å². The van der Waals surface area contributed by atoms with Gasteiger partial charge in [-0.3, -0.25) is 9.59 Å². The van der Waals surface area contributed by atoms with Crippen molar-refractivity contribution in [3.8, 4) is 11.5 Å². The van der Waals surface area contributed by atoms with Crippen molar-refractivity contribution in [1.82, 2.24) is 5.32 Å². The number of benzene rings is 2. The number of nitrogens with one attached hydrogen (secondary N) is 2. The summed E-state index contributed by atoms with van der Waals surface area (Å²) < 4.78 is 50.1. The molecule has 0 bridgehead atoms. The fraction of sp³-hybridized carbons (Fsp3) is 0.364. The van der Waals surface area contributed by atoms with Crippen LogP contribution in [0.3, 0.4) is 0 Å². The molecule has 0 atom stereocenters. The van der Waals surface area contributed by atoms with Crippen LogP contribution in [0, 0.1) is 0 Å². The van der Waals surface area contributed by atoms with Crippen molar-refractivity contribution in [3.63, 3.8) is 0 Å². The molecule has 0 aromatic heterocycles. The third kappa shape index (κ3) is 4.90. The first-order chi connectivity index (χ1) is 15.3. The first-order valence-electron chi connectivity index (χ1n) is 10.3. The van der Waals surface area contributed by atoms with Gasteiger partial charge in [-0.25, -0.2) is 0 Å². The molecule has 0 unspecified atom stereocenters. The predicted molar refractivity (Wildman–Crippen MR) is 111 cm³/mol. The molecule has 1 saturated heterocycles. The normalized spacial score (nSPS) is 15.4. The van der Waals surface area contributed by atoms with Crippen molar-refractivity contribution in [3.05, 3.63) is 47.5 Å². The maximum Gasteiger partial charge on any atom is 0.416 e. The number of anilines is 2. The van der Waals surface area contributed by atoms with Crippen LogP contribution >= 0.6 is 0 Å². The number of hydrogen-bond donors (Lipinski definition) is 2. The number of amides is 2. The smallest absolute Gasteiger partial charge is 0.416 e. The second kappa shape index (κ2) is 8.97. The summed E-state index contributed by atoms with van der Waals surface area (Å²) in [5, 5.41) is 5.00. The lowest BCUT2D eigenvalue weighted by atomic mass is 10.1. The number of alkyl halides is 3. The molecule has 0 spiro atoms. The van der Waals surface area contributed by atoms with Crippen molar-refractivity contribution in [2.45, 2.75) is 25.4 Å². The van der Waals surface area contributed by atoms with E-state index in [4.69, 9.17) is 9.47 Å². The Balaban J connectivity index is 1.44. The molecule has 1 fully saturated rings. The molecule has 0 saturated carbocycles. The standard InChI is InChI=1S/C22H22F3N3O4/c23-22(24,25)15-5-6-17(28-8-2-1-3-9-28)16(11-15)27-20(29)12-26-21(30)14-4-7-18-19(10-14)32-13-31-18/h4-7,10-11H,1-3,8-9,12-13H2,(H,26,30)(H,27,29). The maximum absolute atomic E-state index is 13.2. The Morgan fingerprint density at radius 2 is 1.72 bits per heavy atom. The lowest BCUT2D eigenvalue weighted by Gasteiger charge is -2.31. The number of piperidine rings is 1. The number of carbonyl (C=O) groups excluding carboxylic acids is 2. The molecule has 2 heterocycles. The average molecular weight is 449 g/mol. The minimum atomic E-state index is -4.53. The van der Waals surface area contributed by atoms with Crippen LogP contribution in [-0.2, 0) is 11.0 Å². The first-order valence-corrected chi connectivity index (χ1v) is 10.3. The molecular weight excluding hydrogens is 427 g/mol. The van der Waals surface area contributed by atoms with E-state index in [-0.39, 0.29) is 18.0 Å². The van der Waals surface area contributed by atoms with Gasteiger partial charge in [0.05, 0.1) is 23.5 Å². The van der Waals surface area contributed by atoms with Gasteiger partial charge in [0.2, 0.25) is 12.7 Å². The first kappa shape index (κ1) is 21.8. The summed E-state index contributed by atoms with van der Waals surface area (Å²) in [5.41, 5.74) is 0.0327. The predicted octanol–water partition coefficient (Wildman–Crippen LogP) is 3.79. The summed E-state index contributed by atoms with van der Waals surface area (Å²) in [7, 11) is 0. The summed E-state index contributed by atoms with van der Waals surface area (Å²) in [6.45, 7) is 1.08. The molecule has 2 amide bonds. The molecular formula is C22H22F3N3O4. The summed E-state index contributed by atoms with van der Waals surface area (Å²) >= 11 is 0. The molecule has 2 N–H and O–H groups in total. The molecule has 10 heteroatoms. The molecule has 2 aliphatic rings. The van der Waals surface area contributed by atoms with Crippen molar-refractivity contribution in [2.24, 2.45) is 0 Å². The molecule has 7 nitrogen and oxygen atoms in total. The number of rotatable bonds is 5. The molecule has 4 rings (SSSR count). The van der Waals surface area contributed by atoms with E-state index in [2.05, 4.69) is 10.6 Å². The number of hydrogen-bond acceptors (Lipinski definition) is 5. The zero-order chi connectivity index (χ0) is 22.7. The molecule has 2 aliphatic heterocycles. The van der Waals surface area contributed by atoms with Gasteiger partial charge in [0.15, 0.2) is 11.5 Å². The van der Waals surface area contributed by atoms with Crippen LogP contribution in [0.4, 0.5) is 24.5 Å². The fourth-order valence-corrected chi connectivity index (χ4v) is 3.72. The molecule has 2 aromatic carbocycles. The number of ether oxygens (including phenoxy) is 2. The van der Waals surface area contributed by atoms with Crippen LogP contribution in [-0.4, -0.2) is 38.2 Å². The summed E-state index contributed by atoms with van der Waals surface area (Å²) in [6, 6.07) is 7.95. The topological polar surface area (TPSA) is 79.9 Å². The molecule has 2 aromatic rings. The van der Waals surface area contributed by atoms with Gasteiger partial charge in [-0.15, -0.1) is 0 Å². The largest absolute Gasteiger partial charge is 0.454 e. The van der Waals surface area contributed by atoms with E-state index in [1.807, 2.05) is 4.90 Å². The molecule has 32 heavy (non-hydrogen) atoms. The fourth-order valence-electron chi connectivity index (χ4n) is 3.72. The molecule has 0 radical (unpaired) electrons. The van der Waals surface area contributed by atoms with E-state index in [9.17, 15) is 22.8 Å². The second-order valence-electron chi connectivity index (χ2n) is 7.58. The highest BCUT2D eigenvalue weighted by Crippen LogP contribution is 2.36. The average Bonchev–Trinajstić information content (AvgIpc) is 3.25. The van der Waals surface area contributed by atoms with Crippen molar-refractivity contribution in [2.75, 3.05) is 36.6 Å². The van der Waals surface area contributed by atoms with E-state index in [1.165, 1.54) is 18.2 Å². The number of halogens is 3. The molecule has 0 aliphatic carbocycles. The quantitative estimate of drug-likeness (QED) is 0.726. The Labute approximate surface area is 182 Å². The zero-order valence-electron chi connectivity index (χ0n) is 17.1. The summed E-state index contributed by atoms with van der Waals surface area (Å²) in [5.74, 6) is -0.193. The number of carbonyl (C=O) groups is 2. The highest BCUT2D eigenvalue weighted by atomic mass is 19.4. The van der Waals surface area contributed by atoms with Crippen LogP contribution in [0.25, 0.3) is 0 Å². The van der Waals surface area contributed by atoms with Gasteiger partial charge in [0.1, 0.15) is 0 Å². The minimum absolute atomic E-state index is 0.0686. The summed E-state index contributed by atoms with van der Waals surface area (Å²) in [4.78, 5) is 26.8. The van der Waals surface area contributed by atoms with E-state index in [1.54, 1.807) is 6.07 Å². The van der Waals surface area contributed by atoms with E-state index in [0.29, 0.717) is 30.3 Å². The Morgan fingerprint density at radius 1 is 0.969 bits per heavy atom. The third-order valence-corrected chi connectivity index (χ3v) is 5.34. The Hall–Kier alpha value is -3.43. The highest BCUT2D eigenvalue weighted by molar-refractivity contribution is 6.01. The Kier molecular flexibility index (Phi) is 6.11. The Bertz CT molecular complexity index is 1020. The van der Waals surface area contributed by atoms with Crippen molar-refractivity contribution < 1.29 is 32.2 Å². The van der Waals surface area contributed by atoms with E-state index >= 15 is 0 Å². The monoisotopic (exact) mass is 449 g/mol. The summed E-state index contributed by atoms with van der Waals surface area (Å²) in [6.07, 6.45) is -1.61. The number of fused-ring (bicyclic) bond motifs is 1. The lowest BCUT2D eigenvalue weighted by molar-refractivity contribution is -0.137. The van der Waals surface area contributed by atoms with Gasteiger partial charge in [-0.2, -0.15) is 13.2 Å². The SMILES string of the molecule is O=C(CNC(=O)c1ccc2c(c1)OCO2)Nc1cc(C(F)(F)F)ccc1N1CCCCC1. The second-order valence-corrected chi connectivity index (χ2v) is 7.58. The van der Waals surface area contributed by atoms with Crippen LogP contribution < -0.4 is 25.0 Å². The van der Waals surface area contributed by atoms with Gasteiger partial charge in [-0.1, -0.05) is 0 Å². The number of nitrogens with zero attached hydrogens (tertiary/aromatic N) is 1. The van der Waals surface area contributed by atoms with E-state index < -0.39 is 30.1 Å². The van der Waals surface area contributed by atoms with E-state index in [0.717, 1.165) is 31.4 Å². The molecule has 170 valence electrons. The van der Waals surface area contributed by atoms with Gasteiger partial charge < -0.3 is 25.0 Å². The van der Waals surface area contributed by atoms with Gasteiger partial charge in [0.25, 0.3) is 5.91 Å². The van der Waals surface area contributed by atoms with Crippen LogP contribution in [0.1, 0.15) is 35.2 Å². The van der Waals surface area contributed by atoms with Crippen LogP contribution in [0.15, 0.2) is 36.4 Å². The maximum atomic E-state index is 13.2. The van der Waals surface area contributed by atoms with Gasteiger partial charge in [-0.05, 0) is 55.7 Å². The Morgan fingerprint density at radius 3 is 2.47 bits per heavy atom.